The second kappa shape index (κ2) is 3.37. The van der Waals surface area contributed by atoms with Crippen LogP contribution in [0.2, 0.25) is 0 Å². The van der Waals surface area contributed by atoms with Crippen molar-refractivity contribution in [1.82, 2.24) is 0 Å². The molecule has 1 saturated heterocycles. The molecule has 6 heteroatoms. The van der Waals surface area contributed by atoms with E-state index in [0.29, 0.717) is 5.75 Å². The van der Waals surface area contributed by atoms with Crippen LogP contribution in [0.5, 0.6) is 5.75 Å². The zero-order valence-electron chi connectivity index (χ0n) is 8.31. The summed E-state index contributed by atoms with van der Waals surface area (Å²) in [4.78, 5) is 0. The molecule has 1 N–H and O–H groups in total. The van der Waals surface area contributed by atoms with Crippen molar-refractivity contribution in [3.63, 3.8) is 0 Å². The fourth-order valence-corrected chi connectivity index (χ4v) is 4.40. The van der Waals surface area contributed by atoms with Gasteiger partial charge in [0.2, 0.25) is 0 Å². The molecule has 2 unspecified atom stereocenters. The summed E-state index contributed by atoms with van der Waals surface area (Å²) in [5.41, 5.74) is 0.854. The number of fused-ring (bicyclic) bond motifs is 2. The Morgan fingerprint density at radius 2 is 2.19 bits per heavy atom. The highest BCUT2D eigenvalue weighted by Gasteiger charge is 2.42. The van der Waals surface area contributed by atoms with E-state index in [9.17, 15) is 8.42 Å². The maximum absolute atomic E-state index is 11.5. The van der Waals surface area contributed by atoms with E-state index in [-0.39, 0.29) is 23.7 Å². The lowest BCUT2D eigenvalue weighted by molar-refractivity contribution is 0.204. The van der Waals surface area contributed by atoms with Gasteiger partial charge in [-0.15, -0.1) is 0 Å². The molecule has 2 atom stereocenters. The molecule has 3 rings (SSSR count). The average molecular weight is 304 g/mol. The van der Waals surface area contributed by atoms with Crippen LogP contribution in [-0.4, -0.2) is 32.1 Å². The highest BCUT2D eigenvalue weighted by atomic mass is 79.9. The molecule has 1 fully saturated rings. The van der Waals surface area contributed by atoms with Gasteiger partial charge in [-0.25, -0.2) is 8.42 Å². The normalized spacial score (nSPS) is 29.8. The molecule has 2 heterocycles. The van der Waals surface area contributed by atoms with E-state index in [0.717, 1.165) is 10.2 Å². The molecule has 0 aromatic heterocycles. The Hall–Kier alpha value is -0.750. The van der Waals surface area contributed by atoms with Crippen molar-refractivity contribution in [2.24, 2.45) is 0 Å². The first kappa shape index (κ1) is 10.4. The summed E-state index contributed by atoms with van der Waals surface area (Å²) in [7, 11) is -2.96. The topological polar surface area (TPSA) is 55.4 Å². The van der Waals surface area contributed by atoms with E-state index >= 15 is 0 Å². The Bertz CT molecular complexity index is 543. The minimum atomic E-state index is -2.96. The lowest BCUT2D eigenvalue weighted by Crippen LogP contribution is -2.40. The van der Waals surface area contributed by atoms with Gasteiger partial charge < -0.3 is 10.1 Å². The van der Waals surface area contributed by atoms with E-state index in [1.54, 1.807) is 0 Å². The number of rotatable bonds is 0. The number of nitrogens with one attached hydrogen (secondary N) is 1. The molecule has 0 amide bonds. The molecule has 2 aliphatic rings. The number of sulfone groups is 1. The Morgan fingerprint density at radius 3 is 3.00 bits per heavy atom. The molecule has 0 aliphatic carbocycles. The predicted molar refractivity (Wildman–Crippen MR) is 64.6 cm³/mol. The summed E-state index contributed by atoms with van der Waals surface area (Å²) in [5, 5.41) is 3.22. The van der Waals surface area contributed by atoms with Crippen LogP contribution in [0.4, 0.5) is 5.69 Å². The summed E-state index contributed by atoms with van der Waals surface area (Å²) in [5.74, 6) is 0.968. The number of hydrogen-bond acceptors (Lipinski definition) is 4. The van der Waals surface area contributed by atoms with E-state index < -0.39 is 9.84 Å². The monoisotopic (exact) mass is 303 g/mol. The molecule has 2 aliphatic heterocycles. The van der Waals surface area contributed by atoms with Crippen LogP contribution in [0.1, 0.15) is 0 Å². The summed E-state index contributed by atoms with van der Waals surface area (Å²) in [6.45, 7) is 0. The van der Waals surface area contributed by atoms with Crippen molar-refractivity contribution in [3.8, 4) is 5.75 Å². The van der Waals surface area contributed by atoms with Gasteiger partial charge in [-0.1, -0.05) is 6.07 Å². The third kappa shape index (κ3) is 1.60. The van der Waals surface area contributed by atoms with E-state index in [1.807, 2.05) is 18.2 Å². The van der Waals surface area contributed by atoms with Gasteiger partial charge in [0.15, 0.2) is 15.6 Å². The van der Waals surface area contributed by atoms with Gasteiger partial charge in [0, 0.05) is 0 Å². The maximum atomic E-state index is 11.5. The average Bonchev–Trinajstić information content (AvgIpc) is 2.48. The van der Waals surface area contributed by atoms with Gasteiger partial charge >= 0.3 is 0 Å². The van der Waals surface area contributed by atoms with Crippen molar-refractivity contribution in [2.45, 2.75) is 12.1 Å². The van der Waals surface area contributed by atoms with Crippen LogP contribution in [0.25, 0.3) is 0 Å². The number of ether oxygens (including phenoxy) is 1. The third-order valence-electron chi connectivity index (χ3n) is 2.88. The number of benzene rings is 1. The highest BCUT2D eigenvalue weighted by Crippen LogP contribution is 2.39. The lowest BCUT2D eigenvalue weighted by Gasteiger charge is -2.29. The molecule has 0 saturated carbocycles. The van der Waals surface area contributed by atoms with Gasteiger partial charge in [0.25, 0.3) is 0 Å². The summed E-state index contributed by atoms with van der Waals surface area (Å²) in [6.07, 6.45) is -0.267. The van der Waals surface area contributed by atoms with Crippen molar-refractivity contribution in [2.75, 3.05) is 16.8 Å². The minimum Gasteiger partial charge on any atom is -0.484 e. The van der Waals surface area contributed by atoms with Gasteiger partial charge in [-0.2, -0.15) is 0 Å². The number of para-hydroxylation sites is 1. The quantitative estimate of drug-likeness (QED) is 0.787. The first-order valence-electron chi connectivity index (χ1n) is 4.97. The van der Waals surface area contributed by atoms with Gasteiger partial charge in [0.05, 0.1) is 27.7 Å². The van der Waals surface area contributed by atoms with Crippen LogP contribution in [-0.2, 0) is 9.84 Å². The van der Waals surface area contributed by atoms with Crippen LogP contribution >= 0.6 is 15.9 Å². The van der Waals surface area contributed by atoms with E-state index in [1.165, 1.54) is 0 Å². The van der Waals surface area contributed by atoms with Crippen molar-refractivity contribution >= 4 is 31.5 Å². The zero-order valence-corrected chi connectivity index (χ0v) is 10.7. The first-order chi connectivity index (χ1) is 7.55. The Kier molecular flexibility index (Phi) is 2.19. The van der Waals surface area contributed by atoms with Crippen LogP contribution in [0, 0.1) is 0 Å². The molecule has 0 bridgehead atoms. The standard InChI is InChI=1S/C10H10BrNO3S/c11-6-2-1-3-7-10(6)15-9-5-16(13,14)4-8(9)12-7/h1-3,8-9,12H,4-5H2. The molecule has 4 nitrogen and oxygen atoms in total. The largest absolute Gasteiger partial charge is 0.484 e. The maximum Gasteiger partial charge on any atom is 0.157 e. The van der Waals surface area contributed by atoms with Crippen LogP contribution < -0.4 is 10.1 Å². The Balaban J connectivity index is 2.00. The molecule has 16 heavy (non-hydrogen) atoms. The minimum absolute atomic E-state index is 0.103. The fraction of sp³-hybridized carbons (Fsp3) is 0.400. The van der Waals surface area contributed by atoms with Crippen molar-refractivity contribution in [3.05, 3.63) is 22.7 Å². The van der Waals surface area contributed by atoms with E-state index in [4.69, 9.17) is 4.74 Å². The molecular formula is C10H10BrNO3S. The molecule has 86 valence electrons. The summed E-state index contributed by atoms with van der Waals surface area (Å²) < 4.78 is 29.6. The molecule has 1 aromatic carbocycles. The van der Waals surface area contributed by atoms with Crippen molar-refractivity contribution in [1.29, 1.82) is 0 Å². The summed E-state index contributed by atoms with van der Waals surface area (Å²) in [6, 6.07) is 5.54. The SMILES string of the molecule is O=S1(=O)CC2Nc3cccc(Br)c3OC2C1. The first-order valence-corrected chi connectivity index (χ1v) is 7.59. The van der Waals surface area contributed by atoms with Crippen molar-refractivity contribution < 1.29 is 13.2 Å². The molecule has 1 aromatic rings. The Labute approximate surface area is 102 Å². The second-order valence-electron chi connectivity index (χ2n) is 4.10. The zero-order chi connectivity index (χ0) is 11.3. The van der Waals surface area contributed by atoms with Gasteiger partial charge in [-0.05, 0) is 28.1 Å². The highest BCUT2D eigenvalue weighted by molar-refractivity contribution is 9.10. The number of halogens is 1. The van der Waals surface area contributed by atoms with Gasteiger partial charge in [0.1, 0.15) is 6.10 Å². The van der Waals surface area contributed by atoms with Crippen LogP contribution in [0.3, 0.4) is 0 Å². The van der Waals surface area contributed by atoms with Gasteiger partial charge in [-0.3, -0.25) is 0 Å². The number of hydrogen-bond donors (Lipinski definition) is 1. The predicted octanol–water partition coefficient (Wildman–Crippen LogP) is 1.42. The third-order valence-corrected chi connectivity index (χ3v) is 5.21. The fourth-order valence-electron chi connectivity index (χ4n) is 2.16. The molecular weight excluding hydrogens is 294 g/mol. The lowest BCUT2D eigenvalue weighted by atomic mass is 10.1. The number of anilines is 1. The smallest absolute Gasteiger partial charge is 0.157 e. The van der Waals surface area contributed by atoms with E-state index in [2.05, 4.69) is 21.2 Å². The Morgan fingerprint density at radius 1 is 1.38 bits per heavy atom. The molecule has 0 spiro atoms. The molecule has 0 radical (unpaired) electrons. The summed E-state index contributed by atoms with van der Waals surface area (Å²) >= 11 is 3.39. The van der Waals surface area contributed by atoms with Crippen LogP contribution in [0.15, 0.2) is 22.7 Å². The second-order valence-corrected chi connectivity index (χ2v) is 7.11.